The molecule has 0 unspecified atom stereocenters. The molecule has 1 rings (SSSR count). The average molecular weight is 154 g/mol. The van der Waals surface area contributed by atoms with Gasteiger partial charge in [-0.3, -0.25) is 0 Å². The second-order valence-corrected chi connectivity index (χ2v) is 1.75. The van der Waals surface area contributed by atoms with Gasteiger partial charge in [0.25, 0.3) is 0 Å². The molecule has 1 nitrogen and oxygen atoms in total. The Labute approximate surface area is 86.3 Å². The molecule has 1 aromatic rings. The maximum absolute atomic E-state index is 5.25. The monoisotopic (exact) mass is 154 g/mol. The Balaban J connectivity index is 0. The van der Waals surface area contributed by atoms with E-state index in [1.54, 1.807) is 0 Å². The van der Waals surface area contributed by atoms with Gasteiger partial charge in [0.15, 0.2) is 0 Å². The van der Waals surface area contributed by atoms with E-state index >= 15 is 0 Å². The van der Waals surface area contributed by atoms with Crippen molar-refractivity contribution in [3.63, 3.8) is 0 Å². The molecule has 0 aliphatic carbocycles. The van der Waals surface area contributed by atoms with Crippen molar-refractivity contribution in [2.24, 2.45) is 0 Å². The smallest absolute Gasteiger partial charge is 0.697 e. The summed E-state index contributed by atoms with van der Waals surface area (Å²) >= 11 is 0. The topological polar surface area (TPSA) is 9.23 Å². The maximum atomic E-state index is 5.25. The quantitative estimate of drug-likeness (QED) is 0.311. The fourth-order valence-corrected chi connectivity index (χ4v) is 0.683. The summed E-state index contributed by atoms with van der Waals surface area (Å²) in [6.07, 6.45) is 9.00. The van der Waals surface area contributed by atoms with Crippen molar-refractivity contribution in [1.82, 2.24) is 0 Å². The molecular weight excluding hydrogens is 143 g/mol. The number of rotatable bonds is 2. The Morgan fingerprint density at radius 1 is 1.25 bits per heavy atom. The van der Waals surface area contributed by atoms with Gasteiger partial charge in [-0.2, -0.15) is 0 Å². The summed E-state index contributed by atoms with van der Waals surface area (Å²) in [5.41, 5.74) is 0. The number of hydrogen-bond donors (Lipinski definition) is 0. The molecule has 0 aromatic heterocycles. The largest absolute Gasteiger partial charge is 1.00 e. The molecule has 0 radical (unpaired) electrons. The van der Waals surface area contributed by atoms with Crippen molar-refractivity contribution in [3.05, 3.63) is 36.8 Å². The van der Waals surface area contributed by atoms with Crippen molar-refractivity contribution in [3.8, 4) is 12.2 Å². The minimum Gasteiger partial charge on any atom is -0.697 e. The van der Waals surface area contributed by atoms with Gasteiger partial charge < -0.3 is 17.6 Å². The molecular formula is C10H11LiO. The summed E-state index contributed by atoms with van der Waals surface area (Å²) in [5.74, 6) is 0.944. The third-order valence-corrected chi connectivity index (χ3v) is 1.05. The second kappa shape index (κ2) is 10.2. The summed E-state index contributed by atoms with van der Waals surface area (Å²) in [5, 5.41) is 0. The molecule has 58 valence electrons. The van der Waals surface area contributed by atoms with E-state index in [9.17, 15) is 0 Å². The zero-order chi connectivity index (χ0) is 8.53. The van der Waals surface area contributed by atoms with Gasteiger partial charge in [-0.05, 0) is 19.1 Å². The van der Waals surface area contributed by atoms with Crippen LogP contribution >= 0.6 is 0 Å². The van der Waals surface area contributed by atoms with E-state index in [1.807, 2.05) is 37.3 Å². The Morgan fingerprint density at radius 2 is 1.75 bits per heavy atom. The number of terminal acetylenes is 1. The van der Waals surface area contributed by atoms with Crippen LogP contribution in [0.1, 0.15) is 6.92 Å². The molecule has 0 saturated carbocycles. The van der Waals surface area contributed by atoms with Gasteiger partial charge in [-0.25, -0.2) is 0 Å². The summed E-state index contributed by atoms with van der Waals surface area (Å²) in [6, 6.07) is 9.80. The standard InChI is InChI=1S/C8H10O.C2H.Li/c1-2-9-8-6-4-3-5-7-8;1-2;/h3-7H,2H2,1H3;1H;/q;-1;+1. The van der Waals surface area contributed by atoms with Crippen LogP contribution in [0.2, 0.25) is 0 Å². The van der Waals surface area contributed by atoms with Gasteiger partial charge >= 0.3 is 18.9 Å². The van der Waals surface area contributed by atoms with Crippen LogP contribution in [0.25, 0.3) is 0 Å². The second-order valence-electron chi connectivity index (χ2n) is 1.75. The first-order chi connectivity index (χ1) is 5.43. The Hall–Kier alpha value is -0.823. The van der Waals surface area contributed by atoms with Gasteiger partial charge in [-0.1, -0.05) is 18.2 Å². The van der Waals surface area contributed by atoms with Crippen LogP contribution in [-0.2, 0) is 0 Å². The van der Waals surface area contributed by atoms with Crippen LogP contribution in [0.5, 0.6) is 5.75 Å². The first-order valence-electron chi connectivity index (χ1n) is 3.40. The Morgan fingerprint density at radius 3 is 2.17 bits per heavy atom. The molecule has 0 atom stereocenters. The van der Waals surface area contributed by atoms with Crippen molar-refractivity contribution in [2.45, 2.75) is 6.92 Å². The first kappa shape index (κ1) is 13.7. The molecule has 0 amide bonds. The van der Waals surface area contributed by atoms with Crippen LogP contribution in [0.15, 0.2) is 30.3 Å². The van der Waals surface area contributed by atoms with Crippen molar-refractivity contribution in [2.75, 3.05) is 6.61 Å². The molecule has 0 aliphatic heterocycles. The zero-order valence-corrected chi connectivity index (χ0v) is 7.58. The zero-order valence-electron chi connectivity index (χ0n) is 7.58. The number of ether oxygens (including phenoxy) is 1. The van der Waals surface area contributed by atoms with Crippen LogP contribution < -0.4 is 23.6 Å². The van der Waals surface area contributed by atoms with Crippen molar-refractivity contribution >= 4 is 0 Å². The maximum Gasteiger partial charge on any atom is 1.00 e. The summed E-state index contributed by atoms with van der Waals surface area (Å²) < 4.78 is 5.21. The summed E-state index contributed by atoms with van der Waals surface area (Å²) in [4.78, 5) is 0. The van der Waals surface area contributed by atoms with Gasteiger partial charge in [0, 0.05) is 0 Å². The van der Waals surface area contributed by atoms with Crippen molar-refractivity contribution < 1.29 is 23.6 Å². The van der Waals surface area contributed by atoms with Gasteiger partial charge in [0.1, 0.15) is 5.75 Å². The summed E-state index contributed by atoms with van der Waals surface area (Å²) in [7, 11) is 0. The minimum absolute atomic E-state index is 0. The molecule has 0 aliphatic rings. The molecule has 0 bridgehead atoms. The molecule has 0 heterocycles. The number of para-hydroxylation sites is 1. The normalized spacial score (nSPS) is 6.92. The van der Waals surface area contributed by atoms with E-state index in [2.05, 4.69) is 6.42 Å². The SMILES string of the molecule is CCOc1ccccc1.[C-]#C.[Li+]. The third-order valence-electron chi connectivity index (χ3n) is 1.05. The van der Waals surface area contributed by atoms with Crippen LogP contribution in [-0.4, -0.2) is 6.61 Å². The Kier molecular flexibility index (Phi) is 11.7. The third kappa shape index (κ3) is 5.92. The Bertz CT molecular complexity index is 193. The minimum atomic E-state index is 0. The predicted molar refractivity (Wildman–Crippen MR) is 45.8 cm³/mol. The molecule has 0 saturated heterocycles. The first-order valence-corrected chi connectivity index (χ1v) is 3.40. The fraction of sp³-hybridized carbons (Fsp3) is 0.200. The van der Waals surface area contributed by atoms with E-state index in [0.29, 0.717) is 0 Å². The number of benzene rings is 1. The van der Waals surface area contributed by atoms with Crippen LogP contribution in [0, 0.1) is 12.8 Å². The predicted octanol–water partition coefficient (Wildman–Crippen LogP) is -0.705. The van der Waals surface area contributed by atoms with E-state index in [0.717, 1.165) is 12.4 Å². The van der Waals surface area contributed by atoms with Gasteiger partial charge in [0.05, 0.1) is 6.61 Å². The molecule has 0 fully saturated rings. The molecule has 0 spiro atoms. The molecule has 2 heteroatoms. The molecule has 1 aromatic carbocycles. The van der Waals surface area contributed by atoms with E-state index in [4.69, 9.17) is 11.2 Å². The van der Waals surface area contributed by atoms with Crippen LogP contribution in [0.3, 0.4) is 0 Å². The van der Waals surface area contributed by atoms with Gasteiger partial charge in [-0.15, -0.1) is 0 Å². The van der Waals surface area contributed by atoms with Crippen molar-refractivity contribution in [1.29, 1.82) is 0 Å². The number of hydrogen-bond acceptors (Lipinski definition) is 1. The van der Waals surface area contributed by atoms with Crippen LogP contribution in [0.4, 0.5) is 0 Å². The summed E-state index contributed by atoms with van der Waals surface area (Å²) in [6.45, 7) is 2.72. The molecule has 12 heavy (non-hydrogen) atoms. The van der Waals surface area contributed by atoms with E-state index in [-0.39, 0.29) is 18.9 Å². The van der Waals surface area contributed by atoms with Gasteiger partial charge in [0.2, 0.25) is 0 Å². The molecule has 0 N–H and O–H groups in total. The fourth-order valence-electron chi connectivity index (χ4n) is 0.683. The average Bonchev–Trinajstić information content (AvgIpc) is 2.11. The van der Waals surface area contributed by atoms with E-state index in [1.165, 1.54) is 0 Å². The van der Waals surface area contributed by atoms with E-state index < -0.39 is 0 Å².